The zero-order valence-corrected chi connectivity index (χ0v) is 12.8. The first-order chi connectivity index (χ1) is 9.07. The van der Waals surface area contributed by atoms with Gasteiger partial charge >= 0.3 is 0 Å². The SMILES string of the molecule is CC1(Cn2c(N)nc3cc(Br)cnc32)CCCCC1. The van der Waals surface area contributed by atoms with Crippen molar-refractivity contribution in [3.05, 3.63) is 16.7 Å². The van der Waals surface area contributed by atoms with Gasteiger partial charge in [0.05, 0.1) is 0 Å². The molecule has 1 fully saturated rings. The van der Waals surface area contributed by atoms with Crippen molar-refractivity contribution >= 4 is 33.0 Å². The van der Waals surface area contributed by atoms with E-state index in [1.807, 2.05) is 12.3 Å². The number of rotatable bonds is 2. The lowest BCUT2D eigenvalue weighted by atomic mass is 9.75. The maximum Gasteiger partial charge on any atom is 0.202 e. The summed E-state index contributed by atoms with van der Waals surface area (Å²) in [6.07, 6.45) is 8.35. The number of nitrogens with zero attached hydrogens (tertiary/aromatic N) is 3. The minimum absolute atomic E-state index is 0.328. The number of pyridine rings is 1. The van der Waals surface area contributed by atoms with Gasteiger partial charge in [0.15, 0.2) is 5.65 Å². The number of nitrogen functional groups attached to an aromatic ring is 1. The highest BCUT2D eigenvalue weighted by Gasteiger charge is 2.28. The summed E-state index contributed by atoms with van der Waals surface area (Å²) in [7, 11) is 0. The molecule has 2 heterocycles. The molecule has 0 saturated heterocycles. The van der Waals surface area contributed by atoms with Crippen molar-refractivity contribution in [2.75, 3.05) is 5.73 Å². The van der Waals surface area contributed by atoms with Crippen LogP contribution in [0.15, 0.2) is 16.7 Å². The molecule has 0 amide bonds. The minimum atomic E-state index is 0.328. The number of hydrogen-bond acceptors (Lipinski definition) is 3. The highest BCUT2D eigenvalue weighted by molar-refractivity contribution is 9.10. The van der Waals surface area contributed by atoms with Gasteiger partial charge in [0.1, 0.15) is 5.52 Å². The zero-order valence-electron chi connectivity index (χ0n) is 11.2. The first-order valence-corrected chi connectivity index (χ1v) is 7.64. The van der Waals surface area contributed by atoms with Crippen molar-refractivity contribution in [2.24, 2.45) is 5.41 Å². The molecule has 1 saturated carbocycles. The molecular formula is C14H19BrN4. The predicted octanol–water partition coefficient (Wildman–Crippen LogP) is 3.75. The van der Waals surface area contributed by atoms with Crippen LogP contribution >= 0.6 is 15.9 Å². The second kappa shape index (κ2) is 4.78. The van der Waals surface area contributed by atoms with E-state index in [2.05, 4.69) is 37.4 Å². The summed E-state index contributed by atoms with van der Waals surface area (Å²) in [6, 6.07) is 1.97. The van der Waals surface area contributed by atoms with Crippen LogP contribution in [-0.4, -0.2) is 14.5 Å². The van der Waals surface area contributed by atoms with Gasteiger partial charge in [-0.05, 0) is 40.3 Å². The Kier molecular flexibility index (Phi) is 3.25. The Morgan fingerprint density at radius 1 is 1.37 bits per heavy atom. The lowest BCUT2D eigenvalue weighted by Gasteiger charge is -2.34. The average Bonchev–Trinajstić information content (AvgIpc) is 2.65. The molecule has 0 unspecified atom stereocenters. The number of anilines is 1. The third-order valence-corrected chi connectivity index (χ3v) is 4.62. The van der Waals surface area contributed by atoms with E-state index in [1.54, 1.807) is 0 Å². The van der Waals surface area contributed by atoms with E-state index in [9.17, 15) is 0 Å². The smallest absolute Gasteiger partial charge is 0.202 e. The van der Waals surface area contributed by atoms with Crippen LogP contribution in [0.2, 0.25) is 0 Å². The molecule has 19 heavy (non-hydrogen) atoms. The second-order valence-electron chi connectivity index (χ2n) is 5.92. The summed E-state index contributed by atoms with van der Waals surface area (Å²) in [5, 5.41) is 0. The van der Waals surface area contributed by atoms with E-state index in [0.29, 0.717) is 11.4 Å². The van der Waals surface area contributed by atoms with Crippen LogP contribution in [0, 0.1) is 5.41 Å². The monoisotopic (exact) mass is 322 g/mol. The number of nitrogens with two attached hydrogens (primary N) is 1. The van der Waals surface area contributed by atoms with Crippen LogP contribution in [0.1, 0.15) is 39.0 Å². The Bertz CT molecular complexity index is 599. The number of aromatic nitrogens is 3. The quantitative estimate of drug-likeness (QED) is 0.916. The van der Waals surface area contributed by atoms with E-state index in [1.165, 1.54) is 32.1 Å². The molecular weight excluding hydrogens is 304 g/mol. The molecule has 0 aromatic carbocycles. The van der Waals surface area contributed by atoms with Gasteiger partial charge < -0.3 is 5.73 Å². The van der Waals surface area contributed by atoms with Gasteiger partial charge in [-0.3, -0.25) is 4.57 Å². The summed E-state index contributed by atoms with van der Waals surface area (Å²) in [5.74, 6) is 0.576. The van der Waals surface area contributed by atoms with Crippen molar-refractivity contribution in [1.82, 2.24) is 14.5 Å². The van der Waals surface area contributed by atoms with Gasteiger partial charge in [0, 0.05) is 17.2 Å². The largest absolute Gasteiger partial charge is 0.369 e. The molecule has 0 atom stereocenters. The molecule has 1 aliphatic rings. The minimum Gasteiger partial charge on any atom is -0.369 e. The van der Waals surface area contributed by atoms with Crippen molar-refractivity contribution in [3.8, 4) is 0 Å². The molecule has 3 rings (SSSR count). The molecule has 0 aliphatic heterocycles. The van der Waals surface area contributed by atoms with Crippen LogP contribution in [0.4, 0.5) is 5.95 Å². The lowest BCUT2D eigenvalue weighted by molar-refractivity contribution is 0.186. The summed E-state index contributed by atoms with van der Waals surface area (Å²) in [6.45, 7) is 3.28. The molecule has 1 aliphatic carbocycles. The fourth-order valence-electron chi connectivity index (χ4n) is 3.10. The van der Waals surface area contributed by atoms with Crippen LogP contribution in [-0.2, 0) is 6.54 Å². The van der Waals surface area contributed by atoms with Gasteiger partial charge in [-0.1, -0.05) is 26.2 Å². The normalized spacial score (nSPS) is 18.8. The van der Waals surface area contributed by atoms with Crippen LogP contribution < -0.4 is 5.73 Å². The van der Waals surface area contributed by atoms with Gasteiger partial charge in [-0.15, -0.1) is 0 Å². The molecule has 4 nitrogen and oxygen atoms in total. The van der Waals surface area contributed by atoms with Crippen molar-refractivity contribution in [2.45, 2.75) is 45.6 Å². The number of hydrogen-bond donors (Lipinski definition) is 1. The number of halogens is 1. The highest BCUT2D eigenvalue weighted by atomic mass is 79.9. The van der Waals surface area contributed by atoms with Crippen molar-refractivity contribution in [1.29, 1.82) is 0 Å². The molecule has 0 radical (unpaired) electrons. The Morgan fingerprint density at radius 2 is 2.11 bits per heavy atom. The standard InChI is InChI=1S/C14H19BrN4/c1-14(5-3-2-4-6-14)9-19-12-11(18-13(19)16)7-10(15)8-17-12/h7-8H,2-6,9H2,1H3,(H2,16,18). The van der Waals surface area contributed by atoms with Gasteiger partial charge in [-0.25, -0.2) is 9.97 Å². The molecule has 102 valence electrons. The summed E-state index contributed by atoms with van der Waals surface area (Å²) < 4.78 is 3.01. The fraction of sp³-hybridized carbons (Fsp3) is 0.571. The topological polar surface area (TPSA) is 56.7 Å². The van der Waals surface area contributed by atoms with Gasteiger partial charge in [-0.2, -0.15) is 0 Å². The summed E-state index contributed by atoms with van der Waals surface area (Å²) in [4.78, 5) is 8.89. The molecule has 0 bridgehead atoms. The molecule has 5 heteroatoms. The van der Waals surface area contributed by atoms with Gasteiger partial charge in [0.2, 0.25) is 5.95 Å². The molecule has 0 spiro atoms. The third kappa shape index (κ3) is 2.48. The first-order valence-electron chi connectivity index (χ1n) is 6.85. The summed E-state index contributed by atoms with van der Waals surface area (Å²) >= 11 is 3.42. The van der Waals surface area contributed by atoms with Crippen LogP contribution in [0.25, 0.3) is 11.2 Å². The maximum atomic E-state index is 6.08. The Hall–Kier alpha value is -1.10. The third-order valence-electron chi connectivity index (χ3n) is 4.18. The molecule has 2 aromatic heterocycles. The summed E-state index contributed by atoms with van der Waals surface area (Å²) in [5.41, 5.74) is 8.17. The Balaban J connectivity index is 1.98. The molecule has 2 N–H and O–H groups in total. The Morgan fingerprint density at radius 3 is 2.84 bits per heavy atom. The lowest BCUT2D eigenvalue weighted by Crippen LogP contribution is -2.26. The highest BCUT2D eigenvalue weighted by Crippen LogP contribution is 2.38. The van der Waals surface area contributed by atoms with E-state index in [-0.39, 0.29) is 0 Å². The first kappa shape index (κ1) is 12.9. The fourth-order valence-corrected chi connectivity index (χ4v) is 3.42. The van der Waals surface area contributed by atoms with Crippen LogP contribution in [0.3, 0.4) is 0 Å². The van der Waals surface area contributed by atoms with Crippen molar-refractivity contribution < 1.29 is 0 Å². The van der Waals surface area contributed by atoms with E-state index in [0.717, 1.165) is 22.2 Å². The number of imidazole rings is 1. The zero-order chi connectivity index (χ0) is 13.5. The Labute approximate surface area is 121 Å². The molecule has 2 aromatic rings. The van der Waals surface area contributed by atoms with E-state index >= 15 is 0 Å². The van der Waals surface area contributed by atoms with Gasteiger partial charge in [0.25, 0.3) is 0 Å². The van der Waals surface area contributed by atoms with E-state index in [4.69, 9.17) is 5.73 Å². The second-order valence-corrected chi connectivity index (χ2v) is 6.84. The average molecular weight is 323 g/mol. The predicted molar refractivity (Wildman–Crippen MR) is 80.8 cm³/mol. The number of fused-ring (bicyclic) bond motifs is 1. The van der Waals surface area contributed by atoms with Crippen molar-refractivity contribution in [3.63, 3.8) is 0 Å². The maximum absolute atomic E-state index is 6.08. The van der Waals surface area contributed by atoms with Crippen LogP contribution in [0.5, 0.6) is 0 Å². The van der Waals surface area contributed by atoms with E-state index < -0.39 is 0 Å².